The lowest BCUT2D eigenvalue weighted by Gasteiger charge is -2.05. The van der Waals surface area contributed by atoms with Gasteiger partial charge in [0.2, 0.25) is 0 Å². The number of alkyl halides is 1. The minimum Gasteiger partial charge on any atom is -0.365 e. The van der Waals surface area contributed by atoms with Crippen molar-refractivity contribution in [2.24, 2.45) is 7.05 Å². The molecule has 4 nitrogen and oxygen atoms in total. The number of rotatable bonds is 7. The molecular formula is C11H18ClN3O. The normalized spacial score (nSPS) is 10.4. The zero-order chi connectivity index (χ0) is 11.8. The third-order valence-electron chi connectivity index (χ3n) is 2.37. The molecule has 0 saturated carbocycles. The average Bonchev–Trinajstić information content (AvgIpc) is 2.29. The molecule has 0 atom stereocenters. The second-order valence-electron chi connectivity index (χ2n) is 3.72. The van der Waals surface area contributed by atoms with Gasteiger partial charge in [0.15, 0.2) is 5.82 Å². The molecule has 1 heterocycles. The summed E-state index contributed by atoms with van der Waals surface area (Å²) in [4.78, 5) is 15.6. The number of nitrogens with one attached hydrogen (secondary N) is 1. The minimum absolute atomic E-state index is 0.0803. The van der Waals surface area contributed by atoms with E-state index in [9.17, 15) is 4.79 Å². The van der Waals surface area contributed by atoms with Crippen LogP contribution in [0.4, 0.5) is 5.82 Å². The molecule has 0 spiro atoms. The molecule has 0 unspecified atom stereocenters. The standard InChI is InChI=1S/C11H18ClN3O/c1-15-9-8-14-10(11(15)16)13-7-5-3-2-4-6-12/h8-9H,2-7H2,1H3,(H,13,14). The number of aryl methyl sites for hydroxylation is 1. The van der Waals surface area contributed by atoms with Crippen LogP contribution < -0.4 is 10.9 Å². The van der Waals surface area contributed by atoms with Crippen LogP contribution in [0.2, 0.25) is 0 Å². The Balaban J connectivity index is 2.27. The highest BCUT2D eigenvalue weighted by atomic mass is 35.5. The van der Waals surface area contributed by atoms with E-state index in [4.69, 9.17) is 11.6 Å². The van der Waals surface area contributed by atoms with E-state index in [1.54, 1.807) is 19.4 Å². The fourth-order valence-corrected chi connectivity index (χ4v) is 1.59. The van der Waals surface area contributed by atoms with Crippen LogP contribution in [0.5, 0.6) is 0 Å². The van der Waals surface area contributed by atoms with Crippen LogP contribution in [-0.4, -0.2) is 22.0 Å². The van der Waals surface area contributed by atoms with Crippen LogP contribution in [0.25, 0.3) is 0 Å². The molecule has 5 heteroatoms. The van der Waals surface area contributed by atoms with Crippen LogP contribution >= 0.6 is 11.6 Å². The van der Waals surface area contributed by atoms with Gasteiger partial charge in [0.1, 0.15) is 0 Å². The quantitative estimate of drug-likeness (QED) is 0.589. The first-order valence-corrected chi connectivity index (χ1v) is 6.10. The van der Waals surface area contributed by atoms with Crippen molar-refractivity contribution in [1.29, 1.82) is 0 Å². The maximum Gasteiger partial charge on any atom is 0.293 e. The molecule has 0 aliphatic carbocycles. The van der Waals surface area contributed by atoms with E-state index >= 15 is 0 Å². The summed E-state index contributed by atoms with van der Waals surface area (Å²) in [6.07, 6.45) is 7.65. The summed E-state index contributed by atoms with van der Waals surface area (Å²) in [7, 11) is 1.72. The molecule has 0 amide bonds. The van der Waals surface area contributed by atoms with Gasteiger partial charge in [-0.25, -0.2) is 4.98 Å². The molecule has 90 valence electrons. The fraction of sp³-hybridized carbons (Fsp3) is 0.636. The largest absolute Gasteiger partial charge is 0.365 e. The number of anilines is 1. The number of hydrogen-bond acceptors (Lipinski definition) is 3. The molecule has 1 aromatic rings. The Hall–Kier alpha value is -1.03. The Labute approximate surface area is 101 Å². The van der Waals surface area contributed by atoms with E-state index in [0.717, 1.165) is 38.1 Å². The maximum absolute atomic E-state index is 11.6. The van der Waals surface area contributed by atoms with Gasteiger partial charge in [-0.05, 0) is 12.8 Å². The predicted molar refractivity (Wildman–Crippen MR) is 67.2 cm³/mol. The smallest absolute Gasteiger partial charge is 0.293 e. The molecule has 0 saturated heterocycles. The summed E-state index contributed by atoms with van der Waals surface area (Å²) < 4.78 is 1.52. The van der Waals surface area contributed by atoms with Crippen molar-refractivity contribution in [3.8, 4) is 0 Å². The lowest BCUT2D eigenvalue weighted by molar-refractivity contribution is 0.685. The van der Waals surface area contributed by atoms with Gasteiger partial charge in [0.25, 0.3) is 5.56 Å². The van der Waals surface area contributed by atoms with E-state index < -0.39 is 0 Å². The second kappa shape index (κ2) is 7.28. The summed E-state index contributed by atoms with van der Waals surface area (Å²) in [5.74, 6) is 1.16. The van der Waals surface area contributed by atoms with Crippen LogP contribution in [0.3, 0.4) is 0 Å². The first kappa shape index (κ1) is 13.0. The summed E-state index contributed by atoms with van der Waals surface area (Å²) in [5.41, 5.74) is -0.0803. The van der Waals surface area contributed by atoms with E-state index in [1.165, 1.54) is 4.57 Å². The summed E-state index contributed by atoms with van der Waals surface area (Å²) in [5, 5.41) is 3.05. The summed E-state index contributed by atoms with van der Waals surface area (Å²) in [6.45, 7) is 0.786. The van der Waals surface area contributed by atoms with Gasteiger partial charge in [0, 0.05) is 31.9 Å². The van der Waals surface area contributed by atoms with Gasteiger partial charge in [-0.15, -0.1) is 11.6 Å². The summed E-state index contributed by atoms with van der Waals surface area (Å²) in [6, 6.07) is 0. The molecule has 0 aliphatic heterocycles. The van der Waals surface area contributed by atoms with Crippen LogP contribution in [0.15, 0.2) is 17.2 Å². The van der Waals surface area contributed by atoms with Crippen molar-refractivity contribution in [1.82, 2.24) is 9.55 Å². The fourth-order valence-electron chi connectivity index (χ4n) is 1.40. The zero-order valence-electron chi connectivity index (χ0n) is 9.58. The van der Waals surface area contributed by atoms with Gasteiger partial charge in [-0.3, -0.25) is 4.79 Å². The number of halogens is 1. The van der Waals surface area contributed by atoms with Crippen molar-refractivity contribution in [3.05, 3.63) is 22.7 Å². The summed E-state index contributed by atoms with van der Waals surface area (Å²) >= 11 is 5.58. The molecular weight excluding hydrogens is 226 g/mol. The maximum atomic E-state index is 11.6. The third kappa shape index (κ3) is 4.23. The van der Waals surface area contributed by atoms with Gasteiger partial charge < -0.3 is 9.88 Å². The Morgan fingerprint density at radius 2 is 2.12 bits per heavy atom. The highest BCUT2D eigenvalue weighted by Crippen LogP contribution is 2.01. The van der Waals surface area contributed by atoms with Gasteiger partial charge in [0.05, 0.1) is 0 Å². The number of unbranched alkanes of at least 4 members (excludes halogenated alkanes) is 3. The Morgan fingerprint density at radius 3 is 2.88 bits per heavy atom. The van der Waals surface area contributed by atoms with Crippen LogP contribution in [0, 0.1) is 0 Å². The highest BCUT2D eigenvalue weighted by Gasteiger charge is 2.00. The average molecular weight is 244 g/mol. The highest BCUT2D eigenvalue weighted by molar-refractivity contribution is 6.17. The Kier molecular flexibility index (Phi) is 5.93. The van der Waals surface area contributed by atoms with Crippen molar-refractivity contribution >= 4 is 17.4 Å². The van der Waals surface area contributed by atoms with Gasteiger partial charge >= 0.3 is 0 Å². The van der Waals surface area contributed by atoms with Crippen LogP contribution in [0.1, 0.15) is 25.7 Å². The Bertz CT molecular complexity index is 364. The topological polar surface area (TPSA) is 46.9 Å². The SMILES string of the molecule is Cn1ccnc(NCCCCCCCl)c1=O. The molecule has 0 radical (unpaired) electrons. The molecule has 0 bridgehead atoms. The second-order valence-corrected chi connectivity index (χ2v) is 4.10. The zero-order valence-corrected chi connectivity index (χ0v) is 10.3. The molecule has 1 rings (SSSR count). The number of nitrogens with zero attached hydrogens (tertiary/aromatic N) is 2. The molecule has 1 N–H and O–H groups in total. The van der Waals surface area contributed by atoms with Crippen LogP contribution in [-0.2, 0) is 7.05 Å². The molecule has 16 heavy (non-hydrogen) atoms. The lowest BCUT2D eigenvalue weighted by Crippen LogP contribution is -2.22. The Morgan fingerprint density at radius 1 is 1.38 bits per heavy atom. The molecule has 0 aliphatic rings. The molecule has 0 aromatic carbocycles. The van der Waals surface area contributed by atoms with Gasteiger partial charge in [-0.1, -0.05) is 12.8 Å². The molecule has 1 aromatic heterocycles. The van der Waals surface area contributed by atoms with E-state index in [0.29, 0.717) is 5.82 Å². The number of hydrogen-bond donors (Lipinski definition) is 1. The lowest BCUT2D eigenvalue weighted by atomic mass is 10.2. The molecule has 0 fully saturated rings. The van der Waals surface area contributed by atoms with Crippen molar-refractivity contribution in [3.63, 3.8) is 0 Å². The predicted octanol–water partition coefficient (Wildman–Crippen LogP) is 1.99. The van der Waals surface area contributed by atoms with E-state index in [1.807, 2.05) is 0 Å². The van der Waals surface area contributed by atoms with Gasteiger partial charge in [-0.2, -0.15) is 0 Å². The minimum atomic E-state index is -0.0803. The van der Waals surface area contributed by atoms with Crippen molar-refractivity contribution in [2.45, 2.75) is 25.7 Å². The van der Waals surface area contributed by atoms with Crippen molar-refractivity contribution < 1.29 is 0 Å². The number of aromatic nitrogens is 2. The first-order valence-electron chi connectivity index (χ1n) is 5.57. The van der Waals surface area contributed by atoms with E-state index in [2.05, 4.69) is 10.3 Å². The van der Waals surface area contributed by atoms with Crippen molar-refractivity contribution in [2.75, 3.05) is 17.7 Å². The monoisotopic (exact) mass is 243 g/mol. The van der Waals surface area contributed by atoms with E-state index in [-0.39, 0.29) is 5.56 Å². The third-order valence-corrected chi connectivity index (χ3v) is 2.64. The first-order chi connectivity index (χ1) is 7.75.